The zero-order valence-corrected chi connectivity index (χ0v) is 17.1. The van der Waals surface area contributed by atoms with Crippen LogP contribution in [0.25, 0.3) is 0 Å². The van der Waals surface area contributed by atoms with Crippen LogP contribution in [0.5, 0.6) is 0 Å². The van der Waals surface area contributed by atoms with Crippen molar-refractivity contribution in [1.29, 1.82) is 0 Å². The van der Waals surface area contributed by atoms with Gasteiger partial charge in [0.2, 0.25) is 0 Å². The summed E-state index contributed by atoms with van der Waals surface area (Å²) in [5.41, 5.74) is -3.28. The summed E-state index contributed by atoms with van der Waals surface area (Å²) in [5, 5.41) is 0. The highest BCUT2D eigenvalue weighted by molar-refractivity contribution is 6.10. The van der Waals surface area contributed by atoms with Crippen LogP contribution in [0.4, 0.5) is 0 Å². The van der Waals surface area contributed by atoms with Gasteiger partial charge in [-0.05, 0) is 23.7 Å². The molecule has 0 aromatic rings. The molecule has 0 aromatic heterocycles. The quantitative estimate of drug-likeness (QED) is 0.396. The number of Topliss-reactive ketones (excluding diaryl/α,β-unsaturated/α-hetero) is 1. The van der Waals surface area contributed by atoms with Crippen molar-refractivity contribution >= 4 is 18.4 Å². The first kappa shape index (κ1) is 23.0. The average molecular weight is 339 g/mol. The molecule has 24 heavy (non-hydrogen) atoms. The molecule has 0 amide bonds. The van der Waals surface area contributed by atoms with Gasteiger partial charge in [0.25, 0.3) is 0 Å². The lowest BCUT2D eigenvalue weighted by Gasteiger charge is -2.48. The fourth-order valence-electron chi connectivity index (χ4n) is 3.55. The molecule has 140 valence electrons. The summed E-state index contributed by atoms with van der Waals surface area (Å²) in [7, 11) is 0. The number of aldehydes is 2. The number of hydrogen-bond acceptors (Lipinski definition) is 3. The summed E-state index contributed by atoms with van der Waals surface area (Å²) in [5.74, 6) is -0.179. The van der Waals surface area contributed by atoms with E-state index in [2.05, 4.69) is 13.8 Å². The van der Waals surface area contributed by atoms with E-state index in [9.17, 15) is 14.4 Å². The van der Waals surface area contributed by atoms with Crippen LogP contribution in [0, 0.1) is 21.7 Å². The Hall–Kier alpha value is -0.990. The molecule has 0 saturated carbocycles. The maximum atomic E-state index is 13.8. The molecule has 0 fully saturated rings. The molecule has 0 rings (SSSR count). The minimum Gasteiger partial charge on any atom is -0.302 e. The van der Waals surface area contributed by atoms with E-state index in [1.165, 1.54) is 0 Å². The molecule has 0 aliphatic heterocycles. The van der Waals surface area contributed by atoms with E-state index >= 15 is 0 Å². The summed E-state index contributed by atoms with van der Waals surface area (Å²) >= 11 is 0. The van der Waals surface area contributed by atoms with Crippen molar-refractivity contribution < 1.29 is 14.4 Å². The summed E-state index contributed by atoms with van der Waals surface area (Å²) < 4.78 is 0. The Morgan fingerprint density at radius 3 is 1.17 bits per heavy atom. The molecule has 0 N–H and O–H groups in total. The highest BCUT2D eigenvalue weighted by Crippen LogP contribution is 2.52. The van der Waals surface area contributed by atoms with Gasteiger partial charge >= 0.3 is 0 Å². The number of carbonyl (C=O) groups excluding carboxylic acids is 3. The topological polar surface area (TPSA) is 51.2 Å². The fourth-order valence-corrected chi connectivity index (χ4v) is 3.55. The smallest absolute Gasteiger partial charge is 0.160 e. The van der Waals surface area contributed by atoms with Crippen LogP contribution >= 0.6 is 0 Å². The van der Waals surface area contributed by atoms with Crippen molar-refractivity contribution in [3.05, 3.63) is 0 Å². The highest BCUT2D eigenvalue weighted by atomic mass is 16.2. The standard InChI is InChI=1S/C21H38O3/c1-9-11-13-20(15-22,18(3,4)5)17(24)21(16-23,14-12-10-2)19(6,7)8/h15-16H,9-14H2,1-8H3. The van der Waals surface area contributed by atoms with Gasteiger partial charge in [-0.3, -0.25) is 4.79 Å². The molecule has 0 aliphatic rings. The first-order valence-corrected chi connectivity index (χ1v) is 9.37. The number of unbranched alkanes of at least 4 members (excludes halogenated alkanes) is 2. The monoisotopic (exact) mass is 338 g/mol. The van der Waals surface area contributed by atoms with Gasteiger partial charge in [0.05, 0.1) is 10.8 Å². The maximum Gasteiger partial charge on any atom is 0.160 e. The van der Waals surface area contributed by atoms with Gasteiger partial charge in [-0.25, -0.2) is 0 Å². The normalized spacial score (nSPS) is 17.7. The van der Waals surface area contributed by atoms with E-state index in [1.54, 1.807) is 0 Å². The van der Waals surface area contributed by atoms with Crippen LogP contribution in [0.2, 0.25) is 0 Å². The van der Waals surface area contributed by atoms with E-state index in [0.717, 1.165) is 38.3 Å². The van der Waals surface area contributed by atoms with Crippen molar-refractivity contribution in [1.82, 2.24) is 0 Å². The first-order chi connectivity index (χ1) is 10.9. The predicted octanol–water partition coefficient (Wildman–Crippen LogP) is 5.40. The van der Waals surface area contributed by atoms with Crippen molar-refractivity contribution in [2.24, 2.45) is 21.7 Å². The number of ketones is 1. The van der Waals surface area contributed by atoms with Gasteiger partial charge < -0.3 is 9.59 Å². The van der Waals surface area contributed by atoms with E-state index in [-0.39, 0.29) is 5.78 Å². The lowest BCUT2D eigenvalue weighted by molar-refractivity contribution is -0.159. The van der Waals surface area contributed by atoms with Crippen LogP contribution in [0.15, 0.2) is 0 Å². The largest absolute Gasteiger partial charge is 0.302 e. The molecule has 0 heterocycles. The second-order valence-corrected chi connectivity index (χ2v) is 9.21. The van der Waals surface area contributed by atoms with E-state index in [4.69, 9.17) is 0 Å². The van der Waals surface area contributed by atoms with E-state index < -0.39 is 21.7 Å². The first-order valence-electron chi connectivity index (χ1n) is 9.37. The van der Waals surface area contributed by atoms with Crippen LogP contribution in [-0.2, 0) is 14.4 Å². The molecule has 2 unspecified atom stereocenters. The SMILES string of the molecule is CCCCC(C=O)(C(=O)C(C=O)(CCCC)C(C)(C)C)C(C)(C)C. The van der Waals surface area contributed by atoms with Crippen LogP contribution in [0.1, 0.15) is 93.9 Å². The Labute approximate surface area is 149 Å². The zero-order valence-electron chi connectivity index (χ0n) is 17.1. The van der Waals surface area contributed by atoms with Crippen molar-refractivity contribution in [3.8, 4) is 0 Å². The lowest BCUT2D eigenvalue weighted by Crippen LogP contribution is -2.56. The van der Waals surface area contributed by atoms with Gasteiger partial charge in [-0.1, -0.05) is 81.1 Å². The molecule has 0 aliphatic carbocycles. The number of hydrogen-bond donors (Lipinski definition) is 0. The molecule has 2 atom stereocenters. The Kier molecular flexibility index (Phi) is 8.05. The van der Waals surface area contributed by atoms with E-state index in [0.29, 0.717) is 12.8 Å². The number of carbonyl (C=O) groups is 3. The molecule has 3 heteroatoms. The van der Waals surface area contributed by atoms with Gasteiger partial charge in [-0.15, -0.1) is 0 Å². The Morgan fingerprint density at radius 2 is 1.00 bits per heavy atom. The second-order valence-electron chi connectivity index (χ2n) is 9.21. The summed E-state index contributed by atoms with van der Waals surface area (Å²) in [6, 6.07) is 0. The van der Waals surface area contributed by atoms with Crippen LogP contribution in [-0.4, -0.2) is 18.4 Å². The summed E-state index contributed by atoms with van der Waals surface area (Å²) in [6.07, 6.45) is 6.11. The average Bonchev–Trinajstić information content (AvgIpc) is 2.46. The van der Waals surface area contributed by atoms with Crippen LogP contribution < -0.4 is 0 Å². The van der Waals surface area contributed by atoms with Gasteiger partial charge in [-0.2, -0.15) is 0 Å². The molecule has 0 spiro atoms. The highest BCUT2D eigenvalue weighted by Gasteiger charge is 2.59. The van der Waals surface area contributed by atoms with Gasteiger partial charge in [0.15, 0.2) is 5.78 Å². The minimum atomic E-state index is -1.12. The Balaban J connectivity index is 6.37. The summed E-state index contributed by atoms with van der Waals surface area (Å²) in [4.78, 5) is 38.3. The Bertz CT molecular complexity index is 399. The lowest BCUT2D eigenvalue weighted by atomic mass is 9.51. The molecule has 0 radical (unpaired) electrons. The third-order valence-corrected chi connectivity index (χ3v) is 5.74. The number of rotatable bonds is 10. The molecule has 3 nitrogen and oxygen atoms in total. The second kappa shape index (κ2) is 8.40. The molecule has 0 bridgehead atoms. The molecular formula is C21H38O3. The maximum absolute atomic E-state index is 13.8. The molecular weight excluding hydrogens is 300 g/mol. The summed E-state index contributed by atoms with van der Waals surface area (Å²) in [6.45, 7) is 15.7. The minimum absolute atomic E-state index is 0.179. The van der Waals surface area contributed by atoms with Gasteiger partial charge in [0, 0.05) is 0 Å². The molecule has 0 saturated heterocycles. The fraction of sp³-hybridized carbons (Fsp3) is 0.857. The molecule has 0 aromatic carbocycles. The predicted molar refractivity (Wildman–Crippen MR) is 100.0 cm³/mol. The van der Waals surface area contributed by atoms with Crippen molar-refractivity contribution in [2.45, 2.75) is 93.9 Å². The van der Waals surface area contributed by atoms with E-state index in [1.807, 2.05) is 41.5 Å². The Morgan fingerprint density at radius 1 is 0.708 bits per heavy atom. The zero-order chi connectivity index (χ0) is 19.2. The van der Waals surface area contributed by atoms with Crippen LogP contribution in [0.3, 0.4) is 0 Å². The third kappa shape index (κ3) is 4.15. The third-order valence-electron chi connectivity index (χ3n) is 5.74. The van der Waals surface area contributed by atoms with Crippen molar-refractivity contribution in [3.63, 3.8) is 0 Å². The van der Waals surface area contributed by atoms with Crippen molar-refractivity contribution in [2.75, 3.05) is 0 Å². The van der Waals surface area contributed by atoms with Gasteiger partial charge in [0.1, 0.15) is 12.6 Å².